The molecule has 2 atom stereocenters. The quantitative estimate of drug-likeness (QED) is 0.768. The molecule has 1 saturated heterocycles. The molecule has 27 heavy (non-hydrogen) atoms. The SMILES string of the molecule is CC1SC2(C)CC(C)(C)Nc3ccc(C(=O)c4ccccc4)cc3N2C1=O. The highest BCUT2D eigenvalue weighted by molar-refractivity contribution is 8.02. The molecule has 4 nitrogen and oxygen atoms in total. The maximum atomic E-state index is 13.0. The number of hydrogen-bond acceptors (Lipinski definition) is 4. The molecule has 140 valence electrons. The van der Waals surface area contributed by atoms with Crippen molar-refractivity contribution in [2.45, 2.75) is 49.8 Å². The van der Waals surface area contributed by atoms with Crippen molar-refractivity contribution < 1.29 is 9.59 Å². The van der Waals surface area contributed by atoms with Crippen LogP contribution in [0.4, 0.5) is 11.4 Å². The molecule has 2 aliphatic rings. The van der Waals surface area contributed by atoms with Gasteiger partial charge in [-0.1, -0.05) is 30.3 Å². The number of fused-ring (bicyclic) bond motifs is 3. The summed E-state index contributed by atoms with van der Waals surface area (Å²) < 4.78 is 0. The summed E-state index contributed by atoms with van der Waals surface area (Å²) in [7, 11) is 0. The summed E-state index contributed by atoms with van der Waals surface area (Å²) in [6.45, 7) is 8.40. The zero-order valence-corrected chi connectivity index (χ0v) is 16.9. The lowest BCUT2D eigenvalue weighted by atomic mass is 9.95. The Kier molecular flexibility index (Phi) is 4.11. The van der Waals surface area contributed by atoms with Crippen molar-refractivity contribution in [3.8, 4) is 0 Å². The average Bonchev–Trinajstić information content (AvgIpc) is 2.77. The molecular formula is C22H24N2O2S. The minimum absolute atomic E-state index is 0.0315. The zero-order valence-electron chi connectivity index (χ0n) is 16.1. The van der Waals surface area contributed by atoms with Crippen LogP contribution in [-0.2, 0) is 4.79 Å². The molecule has 0 aromatic heterocycles. The number of carbonyl (C=O) groups is 2. The second-order valence-electron chi connectivity index (χ2n) is 8.22. The van der Waals surface area contributed by atoms with E-state index in [0.29, 0.717) is 11.1 Å². The summed E-state index contributed by atoms with van der Waals surface area (Å²) in [4.78, 5) is 27.5. The van der Waals surface area contributed by atoms with Gasteiger partial charge in [0, 0.05) is 23.1 Å². The van der Waals surface area contributed by atoms with E-state index in [2.05, 4.69) is 26.1 Å². The van der Waals surface area contributed by atoms with Gasteiger partial charge in [-0.2, -0.15) is 0 Å². The van der Waals surface area contributed by atoms with Gasteiger partial charge in [0.1, 0.15) is 0 Å². The molecule has 0 radical (unpaired) electrons. The van der Waals surface area contributed by atoms with Gasteiger partial charge < -0.3 is 5.32 Å². The highest BCUT2D eigenvalue weighted by atomic mass is 32.2. The lowest BCUT2D eigenvalue weighted by molar-refractivity contribution is -0.117. The first-order valence-corrected chi connectivity index (χ1v) is 10.1. The van der Waals surface area contributed by atoms with Crippen LogP contribution in [0.1, 0.15) is 50.0 Å². The second kappa shape index (κ2) is 6.13. The van der Waals surface area contributed by atoms with Crippen molar-refractivity contribution in [3.63, 3.8) is 0 Å². The summed E-state index contributed by atoms with van der Waals surface area (Å²) in [5.74, 6) is 0.0727. The van der Waals surface area contributed by atoms with Crippen LogP contribution in [0.2, 0.25) is 0 Å². The topological polar surface area (TPSA) is 49.4 Å². The van der Waals surface area contributed by atoms with Gasteiger partial charge in [0.2, 0.25) is 5.91 Å². The van der Waals surface area contributed by atoms with Crippen LogP contribution < -0.4 is 10.2 Å². The molecule has 1 amide bonds. The molecule has 1 fully saturated rings. The summed E-state index contributed by atoms with van der Waals surface area (Å²) in [6, 6.07) is 14.9. The van der Waals surface area contributed by atoms with Gasteiger partial charge in [-0.15, -0.1) is 11.8 Å². The van der Waals surface area contributed by atoms with Crippen LogP contribution in [0.3, 0.4) is 0 Å². The third kappa shape index (κ3) is 3.04. The number of nitrogens with one attached hydrogen (secondary N) is 1. The van der Waals surface area contributed by atoms with E-state index in [0.717, 1.165) is 17.8 Å². The number of amides is 1. The lowest BCUT2D eigenvalue weighted by Crippen LogP contribution is -2.46. The molecule has 2 aliphatic heterocycles. The third-order valence-corrected chi connectivity index (χ3v) is 6.64. The Morgan fingerprint density at radius 3 is 2.52 bits per heavy atom. The van der Waals surface area contributed by atoms with Crippen LogP contribution in [0.15, 0.2) is 48.5 Å². The Balaban J connectivity index is 1.85. The second-order valence-corrected chi connectivity index (χ2v) is 10.0. The highest BCUT2D eigenvalue weighted by Gasteiger charge is 2.52. The van der Waals surface area contributed by atoms with Gasteiger partial charge in [-0.25, -0.2) is 0 Å². The van der Waals surface area contributed by atoms with Crippen LogP contribution in [-0.4, -0.2) is 27.4 Å². The van der Waals surface area contributed by atoms with E-state index in [9.17, 15) is 9.59 Å². The minimum Gasteiger partial charge on any atom is -0.378 e. The first-order chi connectivity index (χ1) is 12.7. The predicted molar refractivity (Wildman–Crippen MR) is 112 cm³/mol. The Morgan fingerprint density at radius 2 is 1.81 bits per heavy atom. The maximum Gasteiger partial charge on any atom is 0.241 e. The molecule has 4 rings (SSSR count). The Bertz CT molecular complexity index is 925. The number of carbonyl (C=O) groups excluding carboxylic acids is 2. The largest absolute Gasteiger partial charge is 0.378 e. The highest BCUT2D eigenvalue weighted by Crippen LogP contribution is 2.52. The van der Waals surface area contributed by atoms with E-state index >= 15 is 0 Å². The molecule has 1 N–H and O–H groups in total. The number of hydrogen-bond donors (Lipinski definition) is 1. The smallest absolute Gasteiger partial charge is 0.241 e. The Hall–Kier alpha value is -2.27. The maximum absolute atomic E-state index is 13.0. The minimum atomic E-state index is -0.341. The van der Waals surface area contributed by atoms with E-state index in [1.165, 1.54) is 0 Å². The van der Waals surface area contributed by atoms with Crippen molar-refractivity contribution in [3.05, 3.63) is 59.7 Å². The van der Waals surface area contributed by atoms with Crippen molar-refractivity contribution in [1.29, 1.82) is 0 Å². The number of ketones is 1. The van der Waals surface area contributed by atoms with Crippen LogP contribution in [0.5, 0.6) is 0 Å². The normalized spacial score (nSPS) is 26.0. The first kappa shape index (κ1) is 18.1. The fourth-order valence-electron chi connectivity index (χ4n) is 4.34. The predicted octanol–water partition coefficient (Wildman–Crippen LogP) is 4.70. The molecule has 2 heterocycles. The van der Waals surface area contributed by atoms with Crippen molar-refractivity contribution in [2.75, 3.05) is 10.2 Å². The Morgan fingerprint density at radius 1 is 1.11 bits per heavy atom. The molecular weight excluding hydrogens is 356 g/mol. The molecule has 0 saturated carbocycles. The Labute approximate surface area is 164 Å². The molecule has 0 aliphatic carbocycles. The molecule has 2 aromatic carbocycles. The van der Waals surface area contributed by atoms with Crippen LogP contribution in [0, 0.1) is 0 Å². The fraction of sp³-hybridized carbons (Fsp3) is 0.364. The van der Waals surface area contributed by atoms with Gasteiger partial charge in [-0.05, 0) is 45.9 Å². The van der Waals surface area contributed by atoms with Crippen molar-refractivity contribution in [1.82, 2.24) is 0 Å². The van der Waals surface area contributed by atoms with E-state index < -0.39 is 0 Å². The van der Waals surface area contributed by atoms with E-state index in [1.807, 2.05) is 60.4 Å². The van der Waals surface area contributed by atoms with Gasteiger partial charge in [-0.3, -0.25) is 14.5 Å². The summed E-state index contributed by atoms with van der Waals surface area (Å²) in [5, 5.41) is 3.48. The average molecular weight is 381 g/mol. The summed E-state index contributed by atoms with van der Waals surface area (Å²) in [6.07, 6.45) is 0.817. The van der Waals surface area contributed by atoms with Gasteiger partial charge >= 0.3 is 0 Å². The zero-order chi connectivity index (χ0) is 19.4. The van der Waals surface area contributed by atoms with Crippen LogP contribution in [0.25, 0.3) is 0 Å². The van der Waals surface area contributed by atoms with E-state index in [-0.39, 0.29) is 27.4 Å². The molecule has 2 aromatic rings. The van der Waals surface area contributed by atoms with Crippen molar-refractivity contribution >= 4 is 34.8 Å². The third-order valence-electron chi connectivity index (χ3n) is 5.25. The van der Waals surface area contributed by atoms with Gasteiger partial charge in [0.05, 0.1) is 21.5 Å². The molecule has 5 heteroatoms. The number of thioether (sulfide) groups is 1. The molecule has 0 bridgehead atoms. The number of benzene rings is 2. The molecule has 0 spiro atoms. The standard InChI is InChI=1S/C22H24N2O2S/c1-14-20(26)24-18-12-16(19(25)15-8-6-5-7-9-15)10-11-17(18)23-21(2,3)13-22(24,4)27-14/h5-12,14,23H,13H2,1-4H3. The van der Waals surface area contributed by atoms with Crippen molar-refractivity contribution in [2.24, 2.45) is 0 Å². The summed E-state index contributed by atoms with van der Waals surface area (Å²) in [5.41, 5.74) is 2.78. The summed E-state index contributed by atoms with van der Waals surface area (Å²) >= 11 is 1.70. The lowest BCUT2D eigenvalue weighted by Gasteiger charge is -2.36. The number of anilines is 2. The van der Waals surface area contributed by atoms with E-state index in [1.54, 1.807) is 11.8 Å². The number of rotatable bonds is 2. The molecule has 2 unspecified atom stereocenters. The first-order valence-electron chi connectivity index (χ1n) is 9.24. The van der Waals surface area contributed by atoms with E-state index in [4.69, 9.17) is 0 Å². The van der Waals surface area contributed by atoms with Crippen LogP contribution >= 0.6 is 11.8 Å². The number of nitrogens with zero attached hydrogens (tertiary/aromatic N) is 1. The van der Waals surface area contributed by atoms with Gasteiger partial charge in [0.25, 0.3) is 0 Å². The van der Waals surface area contributed by atoms with Gasteiger partial charge in [0.15, 0.2) is 5.78 Å². The monoisotopic (exact) mass is 380 g/mol. The fourth-order valence-corrected chi connectivity index (χ4v) is 6.05.